The molecule has 0 saturated heterocycles. The first-order valence-electron chi connectivity index (χ1n) is 6.00. The van der Waals surface area contributed by atoms with Crippen LogP contribution in [0.3, 0.4) is 0 Å². The number of ketones is 1. The summed E-state index contributed by atoms with van der Waals surface area (Å²) < 4.78 is 1.82. The first-order chi connectivity index (χ1) is 9.15. The topological polar surface area (TPSA) is 50.1 Å². The van der Waals surface area contributed by atoms with Crippen molar-refractivity contribution in [2.24, 2.45) is 0 Å². The third-order valence-electron chi connectivity index (χ3n) is 2.63. The van der Waals surface area contributed by atoms with Gasteiger partial charge in [0.1, 0.15) is 0 Å². The number of Topliss-reactive ketones (excluding diaryl/α,β-unsaturated/α-hetero) is 1. The molecule has 104 valence electrons. The molecule has 5 heteroatoms. The van der Waals surface area contributed by atoms with Crippen molar-refractivity contribution in [2.45, 2.75) is 13.5 Å². The third kappa shape index (κ3) is 4.73. The average Bonchev–Trinajstić information content (AvgIpc) is 2.40. The second kappa shape index (κ2) is 7.74. The molecule has 0 unspecified atom stereocenters. The number of aromatic nitrogens is 1. The van der Waals surface area contributed by atoms with Crippen molar-refractivity contribution in [1.29, 1.82) is 0 Å². The molecule has 0 saturated carbocycles. The fourth-order valence-corrected chi connectivity index (χ4v) is 1.74. The van der Waals surface area contributed by atoms with Crippen molar-refractivity contribution in [1.82, 2.24) is 0 Å². The molecule has 0 aliphatic rings. The van der Waals surface area contributed by atoms with Crippen LogP contribution in [0.5, 0.6) is 0 Å². The molecule has 20 heavy (non-hydrogen) atoms. The largest absolute Gasteiger partial charge is 1.00 e. The van der Waals surface area contributed by atoms with Crippen LogP contribution in [0.15, 0.2) is 54.9 Å². The van der Waals surface area contributed by atoms with Crippen LogP contribution in [0.1, 0.15) is 17.3 Å². The molecule has 2 aromatic rings. The minimum atomic E-state index is -0.126. The van der Waals surface area contributed by atoms with E-state index in [2.05, 4.69) is 5.32 Å². The van der Waals surface area contributed by atoms with Gasteiger partial charge in [0.25, 0.3) is 0 Å². The summed E-state index contributed by atoms with van der Waals surface area (Å²) in [5, 5.41) is 2.67. The maximum Gasteiger partial charge on any atom is 0.227 e. The first-order valence-corrected chi connectivity index (χ1v) is 6.00. The molecule has 0 bridgehead atoms. The Morgan fingerprint density at radius 1 is 1.05 bits per heavy atom. The van der Waals surface area contributed by atoms with E-state index < -0.39 is 0 Å². The Labute approximate surface area is 134 Å². The van der Waals surface area contributed by atoms with Gasteiger partial charge in [0.2, 0.25) is 18.2 Å². The Morgan fingerprint density at radius 2 is 1.65 bits per heavy atom. The Hall–Kier alpha value is -1.76. The summed E-state index contributed by atoms with van der Waals surface area (Å²) in [6, 6.07) is 12.6. The first kappa shape index (κ1) is 16.3. The van der Waals surface area contributed by atoms with Gasteiger partial charge in [-0.15, -0.1) is 0 Å². The molecule has 0 radical (unpaired) electrons. The number of carbonyl (C=O) groups excluding carboxylic acids is 2. The molecular formula is C15H15IN2O2. The molecule has 1 aromatic heterocycles. The van der Waals surface area contributed by atoms with E-state index in [1.165, 1.54) is 6.92 Å². The monoisotopic (exact) mass is 382 g/mol. The van der Waals surface area contributed by atoms with E-state index in [0.717, 1.165) is 0 Å². The van der Waals surface area contributed by atoms with Gasteiger partial charge in [-0.05, 0) is 24.3 Å². The number of carbonyl (C=O) groups is 2. The van der Waals surface area contributed by atoms with Gasteiger partial charge in [0, 0.05) is 30.3 Å². The lowest BCUT2D eigenvalue weighted by Crippen LogP contribution is -3.00. The number of nitrogens with zero attached hydrogens (tertiary/aromatic N) is 1. The highest BCUT2D eigenvalue weighted by molar-refractivity contribution is 5.96. The van der Waals surface area contributed by atoms with Crippen LogP contribution in [0.4, 0.5) is 5.69 Å². The number of halogens is 1. The van der Waals surface area contributed by atoms with E-state index in [1.54, 1.807) is 24.3 Å². The van der Waals surface area contributed by atoms with E-state index >= 15 is 0 Å². The summed E-state index contributed by atoms with van der Waals surface area (Å²) in [6.45, 7) is 1.76. The quantitative estimate of drug-likeness (QED) is 0.411. The van der Waals surface area contributed by atoms with Crippen molar-refractivity contribution in [3.8, 4) is 0 Å². The molecule has 0 aliphatic carbocycles. The Morgan fingerprint density at radius 3 is 2.20 bits per heavy atom. The summed E-state index contributed by atoms with van der Waals surface area (Å²) in [5.41, 5.74) is 1.32. The fraction of sp³-hybridized carbons (Fsp3) is 0.133. The summed E-state index contributed by atoms with van der Waals surface area (Å²) in [5.74, 6) is -0.0931. The highest BCUT2D eigenvalue weighted by atomic mass is 127. The second-order valence-electron chi connectivity index (χ2n) is 4.23. The molecule has 1 aromatic carbocycles. The fourth-order valence-electron chi connectivity index (χ4n) is 1.74. The number of benzene rings is 1. The van der Waals surface area contributed by atoms with Gasteiger partial charge in [-0.2, -0.15) is 4.57 Å². The van der Waals surface area contributed by atoms with Crippen LogP contribution in [0, 0.1) is 0 Å². The Bertz CT molecular complexity index is 583. The molecule has 0 fully saturated rings. The van der Waals surface area contributed by atoms with Crippen molar-refractivity contribution in [3.05, 3.63) is 60.4 Å². The third-order valence-corrected chi connectivity index (χ3v) is 2.63. The number of anilines is 1. The summed E-state index contributed by atoms with van der Waals surface area (Å²) >= 11 is 0. The molecular weight excluding hydrogens is 367 g/mol. The highest BCUT2D eigenvalue weighted by Crippen LogP contribution is 2.10. The van der Waals surface area contributed by atoms with Crippen molar-refractivity contribution in [3.63, 3.8) is 0 Å². The molecule has 0 atom stereocenters. The molecule has 2 rings (SSSR count). The van der Waals surface area contributed by atoms with Crippen LogP contribution in [-0.4, -0.2) is 11.7 Å². The zero-order valence-corrected chi connectivity index (χ0v) is 13.2. The van der Waals surface area contributed by atoms with Gasteiger partial charge in [-0.1, -0.05) is 6.07 Å². The van der Waals surface area contributed by atoms with Crippen LogP contribution < -0.4 is 33.9 Å². The predicted octanol–water partition coefficient (Wildman–Crippen LogP) is -1.18. The van der Waals surface area contributed by atoms with Crippen LogP contribution in [0.25, 0.3) is 0 Å². The van der Waals surface area contributed by atoms with E-state index in [0.29, 0.717) is 17.8 Å². The van der Waals surface area contributed by atoms with Crippen molar-refractivity contribution in [2.75, 3.05) is 5.32 Å². The van der Waals surface area contributed by atoms with Gasteiger partial charge in [0.05, 0.1) is 0 Å². The van der Waals surface area contributed by atoms with Gasteiger partial charge in [0.15, 0.2) is 12.4 Å². The zero-order chi connectivity index (χ0) is 13.7. The molecule has 1 heterocycles. The number of rotatable bonds is 4. The normalized spacial score (nSPS) is 9.45. The van der Waals surface area contributed by atoms with E-state index in [1.807, 2.05) is 35.2 Å². The van der Waals surface area contributed by atoms with Crippen molar-refractivity contribution < 1.29 is 38.1 Å². The smallest absolute Gasteiger partial charge is 0.227 e. The Balaban J connectivity index is 0.00000200. The van der Waals surface area contributed by atoms with E-state index in [-0.39, 0.29) is 35.7 Å². The van der Waals surface area contributed by atoms with Gasteiger partial charge in [-0.25, -0.2) is 0 Å². The van der Waals surface area contributed by atoms with E-state index in [4.69, 9.17) is 0 Å². The number of nitrogens with one attached hydrogen (secondary N) is 1. The van der Waals surface area contributed by atoms with E-state index in [9.17, 15) is 9.59 Å². The molecule has 1 amide bonds. The molecule has 0 spiro atoms. The molecule has 0 aliphatic heterocycles. The number of amides is 1. The average molecular weight is 382 g/mol. The summed E-state index contributed by atoms with van der Waals surface area (Å²) in [7, 11) is 0. The van der Waals surface area contributed by atoms with Crippen molar-refractivity contribution >= 4 is 17.4 Å². The lowest BCUT2D eigenvalue weighted by molar-refractivity contribution is -0.683. The highest BCUT2D eigenvalue weighted by Gasteiger charge is 2.11. The summed E-state index contributed by atoms with van der Waals surface area (Å²) in [4.78, 5) is 22.9. The van der Waals surface area contributed by atoms with Crippen LogP contribution in [-0.2, 0) is 11.3 Å². The lowest BCUT2D eigenvalue weighted by atomic mass is 10.1. The minimum absolute atomic E-state index is 0. The standard InChI is InChI=1S/C15H14N2O2.HI/c1-12(18)16-14-7-5-13(6-8-14)15(19)11-17-9-3-2-4-10-17;/h2-10H,11H2,1H3;1H. The number of hydrogen-bond donors (Lipinski definition) is 1. The number of pyridine rings is 1. The lowest BCUT2D eigenvalue weighted by Gasteiger charge is -2.03. The maximum atomic E-state index is 12.0. The summed E-state index contributed by atoms with van der Waals surface area (Å²) in [6.07, 6.45) is 3.70. The number of hydrogen-bond acceptors (Lipinski definition) is 2. The Kier molecular flexibility index (Phi) is 6.30. The van der Waals surface area contributed by atoms with Gasteiger partial charge < -0.3 is 29.3 Å². The SMILES string of the molecule is CC(=O)Nc1ccc(C(=O)C[n+]2ccccc2)cc1.[I-]. The predicted molar refractivity (Wildman–Crippen MR) is 71.7 cm³/mol. The van der Waals surface area contributed by atoms with Crippen LogP contribution in [0.2, 0.25) is 0 Å². The second-order valence-corrected chi connectivity index (χ2v) is 4.23. The molecule has 4 nitrogen and oxygen atoms in total. The van der Waals surface area contributed by atoms with Gasteiger partial charge in [-0.3, -0.25) is 9.59 Å². The molecule has 1 N–H and O–H groups in total. The zero-order valence-electron chi connectivity index (χ0n) is 11.0. The minimum Gasteiger partial charge on any atom is -1.00 e. The van der Waals surface area contributed by atoms with Crippen LogP contribution >= 0.6 is 0 Å². The maximum absolute atomic E-state index is 12.0. The van der Waals surface area contributed by atoms with Gasteiger partial charge >= 0.3 is 0 Å².